The number of hydrogen-bond donors (Lipinski definition) is 6. The molecular weight excluding hydrogens is 952 g/mol. The zero-order valence-corrected chi connectivity index (χ0v) is 34.4. The number of benzene rings is 6. The molecule has 321 valence electrons. The predicted octanol–water partition coefficient (Wildman–Crippen LogP) is 5.68. The SMILES string of the molecule is Nc1ccc2c(O)c(N=Nc3cc([N+](=O)[O-])cc(Cl)c3O)c(S(=O)(=O)[O-])cc2c1.Nc1ccc2cc(S(=O)(=O)[O-])c(N=Nc3cc([N+](=O)[O-])cc(S(=O)(=O)[O-])c3O)c(O)c2c1.[Cr+3]. The van der Waals surface area contributed by atoms with Crippen molar-refractivity contribution in [1.29, 1.82) is 0 Å². The number of hydrogen-bond acceptors (Lipinski definition) is 23. The van der Waals surface area contributed by atoms with E-state index in [4.69, 9.17) is 23.1 Å². The van der Waals surface area contributed by atoms with Gasteiger partial charge in [-0.1, -0.05) is 17.7 Å². The van der Waals surface area contributed by atoms with Gasteiger partial charge in [0, 0.05) is 46.4 Å². The Morgan fingerprint density at radius 1 is 0.516 bits per heavy atom. The Bertz CT molecular complexity index is 3280. The van der Waals surface area contributed by atoms with Crippen molar-refractivity contribution in [3.8, 4) is 23.0 Å². The molecule has 62 heavy (non-hydrogen) atoms. The fraction of sp³-hybridized carbons (Fsp3) is 0. The van der Waals surface area contributed by atoms with Gasteiger partial charge in [-0.15, -0.1) is 20.5 Å². The van der Waals surface area contributed by atoms with Gasteiger partial charge in [0.1, 0.15) is 58.0 Å². The van der Waals surface area contributed by atoms with Crippen molar-refractivity contribution in [3.05, 3.63) is 98.0 Å². The Morgan fingerprint density at radius 3 is 1.45 bits per heavy atom. The maximum atomic E-state index is 11.7. The van der Waals surface area contributed by atoms with E-state index in [1.165, 1.54) is 36.4 Å². The standard InChI is InChI=1S/C16H11ClN4O7S.C16H12N4O10S2.Cr/c17-11-5-9(21(24)25)6-12(16(11)23)19-20-14-13(29(26,27)28)4-7-3-8(18)1-2-10(7)15(14)22;17-8-2-1-7-3-12(31(25,26)27)14(15(21)10(7)4-8)19-18-11-5-9(20(23)24)6-13(16(11)22)32(28,29)30;/h1-6,22-23H,18H2,(H,26,27,28);1-6,21-22H,17H2,(H,25,26,27)(H,28,29,30);/q;;+3/p-3. The molecule has 0 spiro atoms. The largest absolute Gasteiger partial charge is 3.00 e. The monoisotopic (exact) mass is 971 g/mol. The van der Waals surface area contributed by atoms with Crippen LogP contribution in [0.25, 0.3) is 21.5 Å². The van der Waals surface area contributed by atoms with Crippen LogP contribution in [0.15, 0.2) is 108 Å². The number of azo groups is 2. The molecule has 0 amide bonds. The third-order valence-electron chi connectivity index (χ3n) is 7.96. The van der Waals surface area contributed by atoms with Crippen LogP contribution in [0.2, 0.25) is 5.02 Å². The number of anilines is 2. The molecule has 8 N–H and O–H groups in total. The van der Waals surface area contributed by atoms with Crippen LogP contribution < -0.4 is 11.5 Å². The molecule has 0 saturated carbocycles. The molecule has 25 nitrogen and oxygen atoms in total. The zero-order chi connectivity index (χ0) is 45.5. The van der Waals surface area contributed by atoms with Crippen LogP contribution in [0, 0.1) is 20.2 Å². The number of rotatable bonds is 9. The van der Waals surface area contributed by atoms with E-state index in [1.807, 2.05) is 0 Å². The van der Waals surface area contributed by atoms with Gasteiger partial charge >= 0.3 is 17.4 Å². The summed E-state index contributed by atoms with van der Waals surface area (Å²) in [6.07, 6.45) is 0. The minimum Gasteiger partial charge on any atom is -0.744 e. The second kappa shape index (κ2) is 17.7. The number of fused-ring (bicyclic) bond motifs is 2. The smallest absolute Gasteiger partial charge is 0.744 e. The number of nitrogens with zero attached hydrogens (tertiary/aromatic N) is 6. The van der Waals surface area contributed by atoms with Crippen LogP contribution in [0.4, 0.5) is 45.5 Å². The molecule has 0 aromatic heterocycles. The van der Waals surface area contributed by atoms with Crippen molar-refractivity contribution in [2.75, 3.05) is 11.5 Å². The van der Waals surface area contributed by atoms with Gasteiger partial charge in [0.25, 0.3) is 11.4 Å². The topological polar surface area (TPSA) is 440 Å². The third-order valence-corrected chi connectivity index (χ3v) is 10.8. The van der Waals surface area contributed by atoms with Gasteiger partial charge in [-0.2, -0.15) is 0 Å². The number of phenolic OH excluding ortho intramolecular Hbond substituents is 4. The first-order valence-electron chi connectivity index (χ1n) is 15.7. The van der Waals surface area contributed by atoms with Gasteiger partial charge in [0.2, 0.25) is 0 Å². The van der Waals surface area contributed by atoms with Crippen molar-refractivity contribution >= 4 is 109 Å². The zero-order valence-electron chi connectivity index (χ0n) is 29.9. The van der Waals surface area contributed by atoms with Crippen molar-refractivity contribution in [2.24, 2.45) is 20.5 Å². The molecule has 0 aliphatic carbocycles. The van der Waals surface area contributed by atoms with E-state index in [0.29, 0.717) is 12.1 Å². The molecule has 6 aromatic carbocycles. The van der Waals surface area contributed by atoms with Crippen LogP contribution in [-0.4, -0.2) is 69.2 Å². The molecule has 0 heterocycles. The van der Waals surface area contributed by atoms with Crippen molar-refractivity contribution in [1.82, 2.24) is 0 Å². The summed E-state index contributed by atoms with van der Waals surface area (Å²) >= 11 is 5.71. The Morgan fingerprint density at radius 2 is 0.952 bits per heavy atom. The van der Waals surface area contributed by atoms with E-state index >= 15 is 0 Å². The summed E-state index contributed by atoms with van der Waals surface area (Å²) in [6.45, 7) is 0. The first kappa shape index (κ1) is 47.9. The van der Waals surface area contributed by atoms with Crippen LogP contribution in [0.1, 0.15) is 0 Å². The van der Waals surface area contributed by atoms with E-state index in [0.717, 1.165) is 24.3 Å². The van der Waals surface area contributed by atoms with Gasteiger partial charge in [0.05, 0.1) is 24.7 Å². The molecule has 0 fully saturated rings. The number of halogens is 1. The van der Waals surface area contributed by atoms with E-state index in [-0.39, 0.29) is 50.3 Å². The third kappa shape index (κ3) is 10.2. The number of phenols is 4. The van der Waals surface area contributed by atoms with Crippen LogP contribution in [-0.2, 0) is 47.7 Å². The van der Waals surface area contributed by atoms with Crippen LogP contribution in [0.3, 0.4) is 0 Å². The van der Waals surface area contributed by atoms with E-state index in [2.05, 4.69) is 20.5 Å². The minimum absolute atomic E-state index is 0. The number of nitro benzene ring substituents is 2. The van der Waals surface area contributed by atoms with Crippen molar-refractivity contribution in [3.63, 3.8) is 0 Å². The summed E-state index contributed by atoms with van der Waals surface area (Å²) in [6, 6.07) is 12.4. The summed E-state index contributed by atoms with van der Waals surface area (Å²) in [5.41, 5.74) is 7.19. The number of nitrogen functional groups attached to an aromatic ring is 2. The first-order chi connectivity index (χ1) is 28.2. The number of aromatic hydroxyl groups is 4. The second-order valence-electron chi connectivity index (χ2n) is 12.0. The number of non-ortho nitro benzene ring substituents is 2. The van der Waals surface area contributed by atoms with Crippen molar-refractivity contribution in [2.45, 2.75) is 14.7 Å². The summed E-state index contributed by atoms with van der Waals surface area (Å²) in [5.74, 6) is -3.52. The number of nitrogens with two attached hydrogens (primary N) is 2. The molecule has 0 unspecified atom stereocenters. The molecule has 0 bridgehead atoms. The van der Waals surface area contributed by atoms with E-state index < -0.39 is 117 Å². The van der Waals surface area contributed by atoms with Gasteiger partial charge in [-0.3, -0.25) is 20.2 Å². The quantitative estimate of drug-likeness (QED) is 0.0334. The molecule has 0 aliphatic rings. The average molecular weight is 972 g/mol. The fourth-order valence-corrected chi connectivity index (χ4v) is 7.32. The maximum absolute atomic E-state index is 11.7. The summed E-state index contributed by atoms with van der Waals surface area (Å²) < 4.78 is 104. The van der Waals surface area contributed by atoms with Gasteiger partial charge in [-0.05, 0) is 53.2 Å². The second-order valence-corrected chi connectivity index (χ2v) is 16.4. The normalized spacial score (nSPS) is 12.0. The fourth-order valence-electron chi connectivity index (χ4n) is 5.21. The molecule has 1 radical (unpaired) electrons. The molecule has 6 rings (SSSR count). The molecule has 0 saturated heterocycles. The molecule has 0 aliphatic heterocycles. The minimum atomic E-state index is -5.38. The van der Waals surface area contributed by atoms with Gasteiger partial charge in [-0.25, -0.2) is 25.3 Å². The summed E-state index contributed by atoms with van der Waals surface area (Å²) in [4.78, 5) is 16.8. The Balaban J connectivity index is 0.000000269. The molecule has 0 atom stereocenters. The number of nitro groups is 2. The van der Waals surface area contributed by atoms with Gasteiger partial charge < -0.3 is 45.6 Å². The molecule has 6 aromatic rings. The summed E-state index contributed by atoms with van der Waals surface area (Å²) in [5, 5.41) is 76.5. The Hall–Kier alpha value is -6.81. The van der Waals surface area contributed by atoms with Gasteiger partial charge in [0.15, 0.2) is 23.0 Å². The average Bonchev–Trinajstić information content (AvgIpc) is 3.14. The maximum Gasteiger partial charge on any atom is 3.00 e. The van der Waals surface area contributed by atoms with E-state index in [9.17, 15) is 79.6 Å². The first-order valence-corrected chi connectivity index (χ1v) is 20.3. The molecular formula is C32H20ClCrN8O17S3. The Labute approximate surface area is 361 Å². The molecule has 30 heteroatoms. The summed E-state index contributed by atoms with van der Waals surface area (Å²) in [7, 11) is -15.7. The van der Waals surface area contributed by atoms with Crippen LogP contribution >= 0.6 is 11.6 Å². The van der Waals surface area contributed by atoms with Crippen molar-refractivity contribution < 1.29 is 86.5 Å². The predicted molar refractivity (Wildman–Crippen MR) is 207 cm³/mol. The van der Waals surface area contributed by atoms with E-state index in [1.54, 1.807) is 0 Å². The van der Waals surface area contributed by atoms with Crippen LogP contribution in [0.5, 0.6) is 23.0 Å². The Kier molecular flexibility index (Phi) is 13.6.